The Balaban J connectivity index is 2.44. The van der Waals surface area contributed by atoms with Gasteiger partial charge in [-0.3, -0.25) is 0 Å². The molecular formula is C12H12FNO3S. The molecule has 0 atom stereocenters. The standard InChI is InChI=1S/C12H12FNO3S/c1-17-7-8-2-3-11(13)10(4-8)12-5-9(6-14-12)18(15)16/h2-6,14,18H,7H2,1H3. The summed E-state index contributed by atoms with van der Waals surface area (Å²) in [5.74, 6) is -0.413. The lowest BCUT2D eigenvalue weighted by Crippen LogP contribution is -1.91. The highest BCUT2D eigenvalue weighted by atomic mass is 32.2. The second kappa shape index (κ2) is 5.32. The highest BCUT2D eigenvalue weighted by Crippen LogP contribution is 2.24. The molecule has 0 unspecified atom stereocenters. The molecule has 0 saturated heterocycles. The van der Waals surface area contributed by atoms with Gasteiger partial charge in [-0.15, -0.1) is 0 Å². The molecule has 1 aromatic carbocycles. The SMILES string of the molecule is COCc1ccc(F)c(-c2cc([SH](=O)=O)c[nH]2)c1. The zero-order valence-electron chi connectivity index (χ0n) is 9.64. The van der Waals surface area contributed by atoms with E-state index in [0.29, 0.717) is 17.9 Å². The van der Waals surface area contributed by atoms with Crippen LogP contribution in [0, 0.1) is 5.82 Å². The van der Waals surface area contributed by atoms with E-state index in [1.54, 1.807) is 19.2 Å². The molecule has 0 aliphatic carbocycles. The van der Waals surface area contributed by atoms with E-state index in [9.17, 15) is 12.8 Å². The Morgan fingerprint density at radius 3 is 2.72 bits per heavy atom. The van der Waals surface area contributed by atoms with Crippen molar-refractivity contribution in [3.05, 3.63) is 41.8 Å². The van der Waals surface area contributed by atoms with E-state index < -0.39 is 16.5 Å². The van der Waals surface area contributed by atoms with Gasteiger partial charge in [0.15, 0.2) is 10.7 Å². The average Bonchev–Trinajstić information content (AvgIpc) is 2.81. The van der Waals surface area contributed by atoms with E-state index in [-0.39, 0.29) is 4.90 Å². The van der Waals surface area contributed by atoms with Gasteiger partial charge < -0.3 is 9.72 Å². The molecule has 2 rings (SSSR count). The molecule has 4 nitrogen and oxygen atoms in total. The molecule has 0 bridgehead atoms. The van der Waals surface area contributed by atoms with Crippen LogP contribution in [0.4, 0.5) is 4.39 Å². The van der Waals surface area contributed by atoms with E-state index >= 15 is 0 Å². The minimum atomic E-state index is -2.67. The van der Waals surface area contributed by atoms with Crippen LogP contribution >= 0.6 is 0 Å². The molecule has 18 heavy (non-hydrogen) atoms. The molecule has 2 aromatic rings. The van der Waals surface area contributed by atoms with Gasteiger partial charge in [0, 0.05) is 24.6 Å². The van der Waals surface area contributed by atoms with Crippen molar-refractivity contribution < 1.29 is 17.5 Å². The van der Waals surface area contributed by atoms with Crippen molar-refractivity contribution in [1.82, 2.24) is 4.98 Å². The van der Waals surface area contributed by atoms with Crippen molar-refractivity contribution in [3.63, 3.8) is 0 Å². The number of hydrogen-bond donors (Lipinski definition) is 2. The number of halogens is 1. The summed E-state index contributed by atoms with van der Waals surface area (Å²) in [6.07, 6.45) is 1.34. The number of benzene rings is 1. The molecule has 0 fully saturated rings. The number of nitrogens with one attached hydrogen (secondary N) is 1. The first kappa shape index (κ1) is 12.8. The van der Waals surface area contributed by atoms with Crippen molar-refractivity contribution in [2.45, 2.75) is 11.5 Å². The van der Waals surface area contributed by atoms with Crippen LogP contribution in [0.25, 0.3) is 11.3 Å². The zero-order valence-corrected chi connectivity index (χ0v) is 10.5. The number of aromatic nitrogens is 1. The summed E-state index contributed by atoms with van der Waals surface area (Å²) in [7, 11) is -1.11. The molecule has 0 radical (unpaired) electrons. The molecule has 0 amide bonds. The van der Waals surface area contributed by atoms with Gasteiger partial charge in [-0.05, 0) is 23.8 Å². The second-order valence-electron chi connectivity index (χ2n) is 3.78. The van der Waals surface area contributed by atoms with Gasteiger partial charge in [0.1, 0.15) is 5.82 Å². The molecule has 0 aliphatic heterocycles. The summed E-state index contributed by atoms with van der Waals surface area (Å²) >= 11 is 0. The molecule has 0 saturated carbocycles. The van der Waals surface area contributed by atoms with Crippen molar-refractivity contribution in [3.8, 4) is 11.3 Å². The van der Waals surface area contributed by atoms with E-state index in [1.807, 2.05) is 0 Å². The quantitative estimate of drug-likeness (QED) is 0.834. The number of thiol groups is 1. The Labute approximate surface area is 105 Å². The fraction of sp³-hybridized carbons (Fsp3) is 0.167. The van der Waals surface area contributed by atoms with Gasteiger partial charge >= 0.3 is 0 Å². The number of methoxy groups -OCH3 is 1. The highest BCUT2D eigenvalue weighted by Gasteiger charge is 2.09. The van der Waals surface area contributed by atoms with Crippen LogP contribution in [0.2, 0.25) is 0 Å². The van der Waals surface area contributed by atoms with Crippen LogP contribution in [-0.2, 0) is 22.0 Å². The van der Waals surface area contributed by atoms with Gasteiger partial charge in [0.25, 0.3) is 0 Å². The van der Waals surface area contributed by atoms with Crippen LogP contribution < -0.4 is 0 Å². The Hall–Kier alpha value is -1.66. The minimum absolute atomic E-state index is 0.136. The number of H-pyrrole nitrogens is 1. The van der Waals surface area contributed by atoms with Crippen LogP contribution in [0.15, 0.2) is 35.4 Å². The van der Waals surface area contributed by atoms with Crippen LogP contribution in [0.1, 0.15) is 5.56 Å². The Morgan fingerprint density at radius 1 is 1.33 bits per heavy atom. The van der Waals surface area contributed by atoms with Gasteiger partial charge in [-0.1, -0.05) is 6.07 Å². The fourth-order valence-electron chi connectivity index (χ4n) is 1.68. The first-order valence-electron chi connectivity index (χ1n) is 5.22. The van der Waals surface area contributed by atoms with Crippen molar-refractivity contribution in [1.29, 1.82) is 0 Å². The molecule has 0 spiro atoms. The number of ether oxygens (including phenoxy) is 1. The lowest BCUT2D eigenvalue weighted by Gasteiger charge is -2.04. The number of rotatable bonds is 4. The third kappa shape index (κ3) is 2.60. The molecular weight excluding hydrogens is 257 g/mol. The zero-order chi connectivity index (χ0) is 13.1. The van der Waals surface area contributed by atoms with Crippen LogP contribution in [0.5, 0.6) is 0 Å². The Bertz CT molecular complexity index is 626. The Morgan fingerprint density at radius 2 is 2.11 bits per heavy atom. The van der Waals surface area contributed by atoms with Crippen molar-refractivity contribution >= 4 is 10.7 Å². The van der Waals surface area contributed by atoms with E-state index in [1.165, 1.54) is 18.3 Å². The lowest BCUT2D eigenvalue weighted by molar-refractivity contribution is 0.185. The lowest BCUT2D eigenvalue weighted by atomic mass is 10.1. The summed E-state index contributed by atoms with van der Waals surface area (Å²) < 4.78 is 40.3. The largest absolute Gasteiger partial charge is 0.380 e. The van der Waals surface area contributed by atoms with E-state index in [0.717, 1.165) is 5.56 Å². The maximum absolute atomic E-state index is 13.7. The van der Waals surface area contributed by atoms with Gasteiger partial charge in [-0.25, -0.2) is 12.8 Å². The van der Waals surface area contributed by atoms with E-state index in [2.05, 4.69) is 4.98 Å². The maximum Gasteiger partial charge on any atom is 0.169 e. The average molecular weight is 269 g/mol. The van der Waals surface area contributed by atoms with Crippen LogP contribution in [-0.4, -0.2) is 20.5 Å². The third-order valence-electron chi connectivity index (χ3n) is 2.51. The summed E-state index contributed by atoms with van der Waals surface area (Å²) in [5.41, 5.74) is 1.57. The third-order valence-corrected chi connectivity index (χ3v) is 3.19. The molecule has 0 aliphatic rings. The Kier molecular flexibility index (Phi) is 3.78. The van der Waals surface area contributed by atoms with E-state index in [4.69, 9.17) is 4.74 Å². The van der Waals surface area contributed by atoms with Crippen LogP contribution in [0.3, 0.4) is 0 Å². The number of aromatic amines is 1. The minimum Gasteiger partial charge on any atom is -0.380 e. The predicted molar refractivity (Wildman–Crippen MR) is 65.5 cm³/mol. The molecule has 1 N–H and O–H groups in total. The normalized spacial score (nSPS) is 11.1. The fourth-order valence-corrected chi connectivity index (χ4v) is 2.08. The molecule has 6 heteroatoms. The molecule has 96 valence electrons. The smallest absolute Gasteiger partial charge is 0.169 e. The monoisotopic (exact) mass is 269 g/mol. The summed E-state index contributed by atoms with van der Waals surface area (Å²) in [6.45, 7) is 0.372. The second-order valence-corrected chi connectivity index (χ2v) is 4.81. The van der Waals surface area contributed by atoms with Gasteiger partial charge in [0.05, 0.1) is 11.5 Å². The molecule has 1 heterocycles. The highest BCUT2D eigenvalue weighted by molar-refractivity contribution is 7.72. The first-order valence-corrected chi connectivity index (χ1v) is 6.40. The van der Waals surface area contributed by atoms with Gasteiger partial charge in [0.2, 0.25) is 0 Å². The summed E-state index contributed by atoms with van der Waals surface area (Å²) in [4.78, 5) is 2.88. The maximum atomic E-state index is 13.7. The van der Waals surface area contributed by atoms with Gasteiger partial charge in [-0.2, -0.15) is 0 Å². The molecule has 1 aromatic heterocycles. The number of hydrogen-bond acceptors (Lipinski definition) is 3. The predicted octanol–water partition coefficient (Wildman–Crippen LogP) is 1.94. The first-order chi connectivity index (χ1) is 8.61. The summed E-state index contributed by atoms with van der Waals surface area (Å²) in [6, 6.07) is 5.99. The van der Waals surface area contributed by atoms with Crippen molar-refractivity contribution in [2.24, 2.45) is 0 Å². The summed E-state index contributed by atoms with van der Waals surface area (Å²) in [5, 5.41) is 0. The topological polar surface area (TPSA) is 59.2 Å². The van der Waals surface area contributed by atoms with Crippen molar-refractivity contribution in [2.75, 3.05) is 7.11 Å².